The molecule has 1 aliphatic rings. The van der Waals surface area contributed by atoms with Crippen molar-refractivity contribution >= 4 is 0 Å². The zero-order chi connectivity index (χ0) is 14.2. The van der Waals surface area contributed by atoms with Crippen LogP contribution < -0.4 is 0 Å². The summed E-state index contributed by atoms with van der Waals surface area (Å²) in [6, 6.07) is 12.2. The van der Waals surface area contributed by atoms with Gasteiger partial charge < -0.3 is 5.11 Å². The Morgan fingerprint density at radius 1 is 1.35 bits per heavy atom. The lowest BCUT2D eigenvalue weighted by Crippen LogP contribution is -2.30. The van der Waals surface area contributed by atoms with Crippen molar-refractivity contribution in [3.05, 3.63) is 53.3 Å². The third kappa shape index (κ3) is 1.83. The van der Waals surface area contributed by atoms with E-state index in [0.717, 1.165) is 16.8 Å². The van der Waals surface area contributed by atoms with Gasteiger partial charge in [0.1, 0.15) is 6.10 Å². The Morgan fingerprint density at radius 3 is 2.55 bits per heavy atom. The Labute approximate surface area is 118 Å². The summed E-state index contributed by atoms with van der Waals surface area (Å²) in [6.07, 6.45) is 2.04. The number of nitriles is 1. The van der Waals surface area contributed by atoms with Crippen molar-refractivity contribution in [3.63, 3.8) is 0 Å². The Kier molecular flexibility index (Phi) is 3.07. The largest absolute Gasteiger partial charge is 0.385 e. The van der Waals surface area contributed by atoms with Gasteiger partial charge in [-0.25, -0.2) is 0 Å². The second kappa shape index (κ2) is 4.77. The molecular formula is C16H17N3O. The van der Waals surface area contributed by atoms with Crippen LogP contribution in [0.3, 0.4) is 0 Å². The van der Waals surface area contributed by atoms with Crippen LogP contribution in [-0.2, 0) is 19.4 Å². The lowest BCUT2D eigenvalue weighted by atomic mass is 9.79. The summed E-state index contributed by atoms with van der Waals surface area (Å²) in [5.41, 5.74) is 2.27. The predicted molar refractivity (Wildman–Crippen MR) is 74.8 cm³/mol. The van der Waals surface area contributed by atoms with E-state index in [1.807, 2.05) is 31.2 Å². The van der Waals surface area contributed by atoms with Crippen molar-refractivity contribution in [1.29, 1.82) is 5.26 Å². The molecule has 102 valence electrons. The molecule has 0 saturated carbocycles. The minimum Gasteiger partial charge on any atom is -0.385 e. The molecule has 1 aliphatic carbocycles. The highest BCUT2D eigenvalue weighted by molar-refractivity contribution is 5.39. The highest BCUT2D eigenvalue weighted by atomic mass is 16.3. The lowest BCUT2D eigenvalue weighted by molar-refractivity contribution is 0.0613. The van der Waals surface area contributed by atoms with Crippen molar-refractivity contribution in [3.8, 4) is 6.07 Å². The fourth-order valence-corrected chi connectivity index (χ4v) is 3.10. The molecule has 3 rings (SSSR count). The number of aryl methyl sites for hydroxylation is 1. The number of rotatable bonds is 3. The van der Waals surface area contributed by atoms with Crippen LogP contribution in [0.4, 0.5) is 0 Å². The monoisotopic (exact) mass is 267 g/mol. The van der Waals surface area contributed by atoms with E-state index in [-0.39, 0.29) is 0 Å². The van der Waals surface area contributed by atoms with Crippen LogP contribution in [0, 0.1) is 16.7 Å². The maximum absolute atomic E-state index is 10.8. The molecule has 1 heterocycles. The molecule has 4 heteroatoms. The van der Waals surface area contributed by atoms with E-state index < -0.39 is 11.5 Å². The number of nitrogens with zero attached hydrogens (tertiary/aromatic N) is 3. The van der Waals surface area contributed by atoms with E-state index in [1.165, 1.54) is 0 Å². The zero-order valence-electron chi connectivity index (χ0n) is 11.5. The molecule has 0 amide bonds. The van der Waals surface area contributed by atoms with Crippen LogP contribution in [-0.4, -0.2) is 14.9 Å². The number of aliphatic hydroxyl groups excluding tert-OH is 1. The van der Waals surface area contributed by atoms with Gasteiger partial charge in [-0.15, -0.1) is 0 Å². The van der Waals surface area contributed by atoms with Gasteiger partial charge in [0.15, 0.2) is 0 Å². The number of aromatic nitrogens is 2. The highest BCUT2D eigenvalue weighted by Crippen LogP contribution is 2.45. The smallest absolute Gasteiger partial charge is 0.115 e. The fraction of sp³-hybridized carbons (Fsp3) is 0.375. The number of aliphatic hydroxyl groups is 1. The summed E-state index contributed by atoms with van der Waals surface area (Å²) in [5.74, 6) is 0. The molecule has 0 fully saturated rings. The second-order valence-corrected chi connectivity index (χ2v) is 5.36. The molecule has 0 spiro atoms. The summed E-state index contributed by atoms with van der Waals surface area (Å²) in [5, 5.41) is 24.6. The topological polar surface area (TPSA) is 61.8 Å². The van der Waals surface area contributed by atoms with Crippen LogP contribution in [0.5, 0.6) is 0 Å². The van der Waals surface area contributed by atoms with Crippen molar-refractivity contribution in [2.75, 3.05) is 0 Å². The van der Waals surface area contributed by atoms with Gasteiger partial charge in [0.25, 0.3) is 0 Å². The molecule has 1 aromatic carbocycles. The van der Waals surface area contributed by atoms with Gasteiger partial charge in [-0.1, -0.05) is 24.3 Å². The van der Waals surface area contributed by atoms with Crippen LogP contribution >= 0.6 is 0 Å². The SMILES string of the molecule is CCn1nccc1C(O)C1(C#N)Cc2ccccc2C1. The summed E-state index contributed by atoms with van der Waals surface area (Å²) in [6.45, 7) is 2.67. The van der Waals surface area contributed by atoms with Crippen molar-refractivity contribution in [2.24, 2.45) is 5.41 Å². The van der Waals surface area contributed by atoms with Gasteiger partial charge in [-0.3, -0.25) is 4.68 Å². The van der Waals surface area contributed by atoms with Crippen LogP contribution in [0.15, 0.2) is 36.5 Å². The summed E-state index contributed by atoms with van der Waals surface area (Å²) >= 11 is 0. The number of fused-ring (bicyclic) bond motifs is 1. The summed E-state index contributed by atoms with van der Waals surface area (Å²) in [7, 11) is 0. The highest BCUT2D eigenvalue weighted by Gasteiger charge is 2.45. The van der Waals surface area contributed by atoms with E-state index in [2.05, 4.69) is 11.2 Å². The first kappa shape index (κ1) is 12.9. The summed E-state index contributed by atoms with van der Waals surface area (Å²) in [4.78, 5) is 0. The molecule has 2 aromatic rings. The van der Waals surface area contributed by atoms with Crippen molar-refractivity contribution < 1.29 is 5.11 Å². The first-order chi connectivity index (χ1) is 9.70. The van der Waals surface area contributed by atoms with Crippen LogP contribution in [0.2, 0.25) is 0 Å². The maximum Gasteiger partial charge on any atom is 0.115 e. The van der Waals surface area contributed by atoms with Crippen molar-refractivity contribution in [2.45, 2.75) is 32.4 Å². The fourth-order valence-electron chi connectivity index (χ4n) is 3.10. The Balaban J connectivity index is 1.98. The van der Waals surface area contributed by atoms with Gasteiger partial charge >= 0.3 is 0 Å². The lowest BCUT2D eigenvalue weighted by Gasteiger charge is -2.27. The molecule has 1 atom stereocenters. The number of benzene rings is 1. The minimum atomic E-state index is -0.817. The standard InChI is InChI=1S/C16H17N3O/c1-2-19-14(7-8-18-19)15(20)16(11-17)9-12-5-3-4-6-13(12)10-16/h3-8,15,20H,2,9-10H2,1H3. The first-order valence-corrected chi connectivity index (χ1v) is 6.88. The first-order valence-electron chi connectivity index (χ1n) is 6.88. The molecule has 0 radical (unpaired) electrons. The van der Waals surface area contributed by atoms with E-state index in [4.69, 9.17) is 0 Å². The third-order valence-electron chi connectivity index (χ3n) is 4.21. The Hall–Kier alpha value is -2.12. The second-order valence-electron chi connectivity index (χ2n) is 5.36. The molecule has 0 bridgehead atoms. The quantitative estimate of drug-likeness (QED) is 0.927. The van der Waals surface area contributed by atoms with Gasteiger partial charge in [0.2, 0.25) is 0 Å². The molecule has 4 nitrogen and oxygen atoms in total. The normalized spacial score (nSPS) is 17.4. The number of hydrogen-bond acceptors (Lipinski definition) is 3. The molecule has 20 heavy (non-hydrogen) atoms. The predicted octanol–water partition coefficient (Wildman–Crippen LogP) is 2.25. The Bertz CT molecular complexity index is 643. The maximum atomic E-state index is 10.8. The third-order valence-corrected chi connectivity index (χ3v) is 4.21. The number of hydrogen-bond donors (Lipinski definition) is 1. The minimum absolute atomic E-state index is 0.593. The van der Waals surface area contributed by atoms with Gasteiger partial charge in [0.05, 0.1) is 17.2 Å². The average Bonchev–Trinajstić information content (AvgIpc) is 3.10. The molecule has 1 aromatic heterocycles. The molecular weight excluding hydrogens is 250 g/mol. The van der Waals surface area contributed by atoms with Crippen molar-refractivity contribution in [1.82, 2.24) is 9.78 Å². The van der Waals surface area contributed by atoms with E-state index in [9.17, 15) is 10.4 Å². The molecule has 0 aliphatic heterocycles. The van der Waals surface area contributed by atoms with Gasteiger partial charge in [-0.05, 0) is 37.0 Å². The zero-order valence-corrected chi connectivity index (χ0v) is 11.5. The molecule has 1 unspecified atom stereocenters. The summed E-state index contributed by atoms with van der Waals surface area (Å²) < 4.78 is 1.76. The van der Waals surface area contributed by atoms with E-state index in [1.54, 1.807) is 16.9 Å². The Morgan fingerprint density at radius 2 is 2.00 bits per heavy atom. The van der Waals surface area contributed by atoms with Gasteiger partial charge in [0, 0.05) is 12.7 Å². The van der Waals surface area contributed by atoms with Crippen LogP contribution in [0.25, 0.3) is 0 Å². The van der Waals surface area contributed by atoms with E-state index in [0.29, 0.717) is 19.4 Å². The van der Waals surface area contributed by atoms with Gasteiger partial charge in [-0.2, -0.15) is 10.4 Å². The molecule has 1 N–H and O–H groups in total. The molecule has 0 saturated heterocycles. The average molecular weight is 267 g/mol. The van der Waals surface area contributed by atoms with Crippen LogP contribution in [0.1, 0.15) is 29.8 Å². The van der Waals surface area contributed by atoms with E-state index >= 15 is 0 Å².